The summed E-state index contributed by atoms with van der Waals surface area (Å²) in [6.07, 6.45) is 1.61. The van der Waals surface area contributed by atoms with E-state index in [9.17, 15) is 4.79 Å². The molecule has 0 N–H and O–H groups in total. The number of esters is 1. The minimum Gasteiger partial charge on any atom is -0.458 e. The Bertz CT molecular complexity index is 291. The van der Waals surface area contributed by atoms with Crippen molar-refractivity contribution in [3.8, 4) is 0 Å². The van der Waals surface area contributed by atoms with Gasteiger partial charge >= 0.3 is 5.97 Å². The molecular weight excluding hydrogens is 206 g/mol. The highest BCUT2D eigenvalue weighted by molar-refractivity contribution is 5.78. The lowest BCUT2D eigenvalue weighted by molar-refractivity contribution is -0.162. The van der Waals surface area contributed by atoms with E-state index in [1.54, 1.807) is 11.1 Å². The van der Waals surface area contributed by atoms with Gasteiger partial charge in [-0.3, -0.25) is 0 Å². The summed E-state index contributed by atoms with van der Waals surface area (Å²) in [4.78, 5) is 13.8. The predicted octanol–water partition coefficient (Wildman–Crippen LogP) is 1.91. The minimum atomic E-state index is -0.545. The van der Waals surface area contributed by atoms with E-state index < -0.39 is 17.2 Å². The summed E-state index contributed by atoms with van der Waals surface area (Å²) in [6, 6.07) is -0.427. The Morgan fingerprint density at radius 1 is 1.56 bits per heavy atom. The second-order valence-corrected chi connectivity index (χ2v) is 5.51. The molecule has 1 heterocycles. The van der Waals surface area contributed by atoms with E-state index in [1.165, 1.54) is 0 Å². The number of nitrogens with zero attached hydrogens (tertiary/aromatic N) is 1. The van der Waals surface area contributed by atoms with Crippen LogP contribution in [0.1, 0.15) is 34.6 Å². The smallest absolute Gasteiger partial charge is 0.332 e. The molecule has 1 rings (SSSR count). The average Bonchev–Trinajstić information content (AvgIpc) is 2.37. The molecule has 4 nitrogen and oxygen atoms in total. The zero-order valence-electron chi connectivity index (χ0n) is 10.7. The van der Waals surface area contributed by atoms with Crippen molar-refractivity contribution in [3.05, 3.63) is 12.8 Å². The van der Waals surface area contributed by atoms with Crippen LogP contribution in [0.2, 0.25) is 0 Å². The van der Waals surface area contributed by atoms with Crippen LogP contribution in [-0.2, 0) is 14.3 Å². The molecule has 1 fully saturated rings. The SMILES string of the molecule is C=CN1COC(C)(C)[C@H]1C(=O)OC(C)(C)C. The van der Waals surface area contributed by atoms with Gasteiger partial charge in [0.2, 0.25) is 0 Å². The standard InChI is InChI=1S/C12H21NO3/c1-7-13-8-15-12(5,6)9(13)10(14)16-11(2,3)4/h7,9H,1,8H2,2-6H3/t9-/m1/s1. The molecule has 16 heavy (non-hydrogen) atoms. The van der Waals surface area contributed by atoms with Crippen molar-refractivity contribution >= 4 is 5.97 Å². The maximum atomic E-state index is 12.1. The first-order valence-electron chi connectivity index (χ1n) is 5.42. The molecule has 0 saturated carbocycles. The summed E-state index contributed by atoms with van der Waals surface area (Å²) in [5.41, 5.74) is -1.03. The number of carbonyl (C=O) groups excluding carboxylic acids is 1. The maximum absolute atomic E-state index is 12.1. The number of rotatable bonds is 2. The molecule has 0 aliphatic carbocycles. The number of hydrogen-bond donors (Lipinski definition) is 0. The normalized spacial score (nSPS) is 24.3. The lowest BCUT2D eigenvalue weighted by Crippen LogP contribution is -2.48. The molecule has 1 saturated heterocycles. The first-order chi connectivity index (χ1) is 7.17. The molecular formula is C12H21NO3. The third kappa shape index (κ3) is 2.76. The van der Waals surface area contributed by atoms with Crippen molar-refractivity contribution in [3.63, 3.8) is 0 Å². The van der Waals surface area contributed by atoms with Crippen molar-refractivity contribution in [2.45, 2.75) is 51.9 Å². The van der Waals surface area contributed by atoms with Gasteiger partial charge < -0.3 is 14.4 Å². The lowest BCUT2D eigenvalue weighted by Gasteiger charge is -2.30. The van der Waals surface area contributed by atoms with Crippen molar-refractivity contribution in [1.29, 1.82) is 0 Å². The molecule has 0 aromatic rings. The average molecular weight is 227 g/mol. The highest BCUT2D eigenvalue weighted by Crippen LogP contribution is 2.29. The first-order valence-corrected chi connectivity index (χ1v) is 5.42. The molecule has 0 radical (unpaired) electrons. The van der Waals surface area contributed by atoms with Crippen LogP contribution in [0.15, 0.2) is 12.8 Å². The summed E-state index contributed by atoms with van der Waals surface area (Å²) in [7, 11) is 0. The number of hydrogen-bond acceptors (Lipinski definition) is 4. The van der Waals surface area contributed by atoms with Gasteiger partial charge in [-0.25, -0.2) is 4.79 Å². The molecule has 4 heteroatoms. The van der Waals surface area contributed by atoms with Crippen molar-refractivity contribution in [2.24, 2.45) is 0 Å². The molecule has 0 aromatic carbocycles. The van der Waals surface area contributed by atoms with Gasteiger partial charge in [0.25, 0.3) is 0 Å². The fraction of sp³-hybridized carbons (Fsp3) is 0.750. The van der Waals surface area contributed by atoms with Gasteiger partial charge in [-0.2, -0.15) is 0 Å². The third-order valence-electron chi connectivity index (χ3n) is 2.44. The zero-order chi connectivity index (χ0) is 12.6. The lowest BCUT2D eigenvalue weighted by atomic mass is 9.99. The van der Waals surface area contributed by atoms with Gasteiger partial charge in [-0.1, -0.05) is 6.58 Å². The van der Waals surface area contributed by atoms with Gasteiger partial charge in [-0.05, 0) is 40.8 Å². The Balaban J connectivity index is 2.83. The Hall–Kier alpha value is -1.03. The van der Waals surface area contributed by atoms with Crippen LogP contribution in [-0.4, -0.2) is 34.8 Å². The molecule has 0 unspecified atom stereocenters. The zero-order valence-corrected chi connectivity index (χ0v) is 10.7. The van der Waals surface area contributed by atoms with Crippen LogP contribution >= 0.6 is 0 Å². The molecule has 0 bridgehead atoms. The molecule has 0 amide bonds. The number of carbonyl (C=O) groups is 1. The van der Waals surface area contributed by atoms with Crippen molar-refractivity contribution < 1.29 is 14.3 Å². The van der Waals surface area contributed by atoms with Crippen LogP contribution in [0.3, 0.4) is 0 Å². The van der Waals surface area contributed by atoms with Crippen molar-refractivity contribution in [2.75, 3.05) is 6.73 Å². The van der Waals surface area contributed by atoms with Gasteiger partial charge in [-0.15, -0.1) is 0 Å². The predicted molar refractivity (Wildman–Crippen MR) is 61.7 cm³/mol. The molecule has 0 aromatic heterocycles. The van der Waals surface area contributed by atoms with E-state index >= 15 is 0 Å². The number of ether oxygens (including phenoxy) is 2. The summed E-state index contributed by atoms with van der Waals surface area (Å²) in [5.74, 6) is -0.269. The summed E-state index contributed by atoms with van der Waals surface area (Å²) >= 11 is 0. The van der Waals surface area contributed by atoms with Crippen LogP contribution in [0.4, 0.5) is 0 Å². The molecule has 1 aliphatic rings. The second-order valence-electron chi connectivity index (χ2n) is 5.51. The molecule has 1 aliphatic heterocycles. The van der Waals surface area contributed by atoms with E-state index in [0.717, 1.165) is 0 Å². The van der Waals surface area contributed by atoms with Gasteiger partial charge in [0, 0.05) is 0 Å². The highest BCUT2D eigenvalue weighted by atomic mass is 16.6. The maximum Gasteiger partial charge on any atom is 0.332 e. The van der Waals surface area contributed by atoms with Crippen LogP contribution < -0.4 is 0 Å². The first kappa shape index (κ1) is 13.0. The van der Waals surface area contributed by atoms with E-state index in [-0.39, 0.29) is 5.97 Å². The second kappa shape index (κ2) is 4.09. The van der Waals surface area contributed by atoms with Gasteiger partial charge in [0.05, 0.1) is 5.60 Å². The van der Waals surface area contributed by atoms with E-state index in [2.05, 4.69) is 6.58 Å². The van der Waals surface area contributed by atoms with Crippen molar-refractivity contribution in [1.82, 2.24) is 4.90 Å². The fourth-order valence-electron chi connectivity index (χ4n) is 1.73. The fourth-order valence-corrected chi connectivity index (χ4v) is 1.73. The van der Waals surface area contributed by atoms with Crippen LogP contribution in [0.25, 0.3) is 0 Å². The summed E-state index contributed by atoms with van der Waals surface area (Å²) < 4.78 is 10.9. The molecule has 1 atom stereocenters. The highest BCUT2D eigenvalue weighted by Gasteiger charge is 2.47. The van der Waals surface area contributed by atoms with Crippen LogP contribution in [0.5, 0.6) is 0 Å². The largest absolute Gasteiger partial charge is 0.458 e. The van der Waals surface area contributed by atoms with E-state index in [4.69, 9.17) is 9.47 Å². The molecule has 0 spiro atoms. The monoisotopic (exact) mass is 227 g/mol. The Kier molecular flexibility index (Phi) is 3.33. The minimum absolute atomic E-state index is 0.269. The Labute approximate surface area is 97.2 Å². The van der Waals surface area contributed by atoms with Crippen LogP contribution in [0, 0.1) is 0 Å². The van der Waals surface area contributed by atoms with E-state index in [0.29, 0.717) is 6.73 Å². The summed E-state index contributed by atoms with van der Waals surface area (Å²) in [6.45, 7) is 13.4. The topological polar surface area (TPSA) is 38.8 Å². The Morgan fingerprint density at radius 2 is 2.12 bits per heavy atom. The van der Waals surface area contributed by atoms with E-state index in [1.807, 2.05) is 34.6 Å². The molecule has 92 valence electrons. The Morgan fingerprint density at radius 3 is 2.56 bits per heavy atom. The summed E-state index contributed by atoms with van der Waals surface area (Å²) in [5, 5.41) is 0. The van der Waals surface area contributed by atoms with Gasteiger partial charge in [0.1, 0.15) is 12.3 Å². The van der Waals surface area contributed by atoms with Gasteiger partial charge in [0.15, 0.2) is 6.04 Å². The quantitative estimate of drug-likeness (QED) is 0.675. The third-order valence-corrected chi connectivity index (χ3v) is 2.44.